The van der Waals surface area contributed by atoms with Gasteiger partial charge in [-0.15, -0.1) is 0 Å². The summed E-state index contributed by atoms with van der Waals surface area (Å²) in [6, 6.07) is 24.7. The van der Waals surface area contributed by atoms with Gasteiger partial charge in [-0.2, -0.15) is 0 Å². The molecule has 1 fully saturated rings. The summed E-state index contributed by atoms with van der Waals surface area (Å²) in [5, 5.41) is 5.01. The van der Waals surface area contributed by atoms with Crippen LogP contribution in [0.1, 0.15) is 11.3 Å². The van der Waals surface area contributed by atoms with Gasteiger partial charge in [0.15, 0.2) is 10.1 Å². The third kappa shape index (κ3) is 3.83. The smallest absolute Gasteiger partial charge is 0.296 e. The van der Waals surface area contributed by atoms with Gasteiger partial charge < -0.3 is 4.52 Å². The van der Waals surface area contributed by atoms with Crippen molar-refractivity contribution in [1.29, 1.82) is 0 Å². The molecule has 0 bridgehead atoms. The molecule has 3 heterocycles. The lowest BCUT2D eigenvalue weighted by molar-refractivity contribution is -0.113. The summed E-state index contributed by atoms with van der Waals surface area (Å²) in [6.07, 6.45) is 1.79. The van der Waals surface area contributed by atoms with E-state index in [1.807, 2.05) is 85.8 Å². The van der Waals surface area contributed by atoms with Gasteiger partial charge in [-0.3, -0.25) is 19.2 Å². The predicted molar refractivity (Wildman–Crippen MR) is 151 cm³/mol. The van der Waals surface area contributed by atoms with Crippen LogP contribution in [0.4, 0.5) is 5.69 Å². The van der Waals surface area contributed by atoms with Gasteiger partial charge >= 0.3 is 0 Å². The normalized spacial score (nSPS) is 14.9. The van der Waals surface area contributed by atoms with Crippen molar-refractivity contribution in [3.05, 3.63) is 105 Å². The van der Waals surface area contributed by atoms with Crippen molar-refractivity contribution < 1.29 is 9.32 Å². The average Bonchev–Trinajstić information content (AvgIpc) is 3.52. The van der Waals surface area contributed by atoms with Crippen molar-refractivity contribution in [3.8, 4) is 17.0 Å². The highest BCUT2D eigenvalue weighted by atomic mass is 32.2. The van der Waals surface area contributed by atoms with Gasteiger partial charge in [-0.05, 0) is 42.8 Å². The Kier molecular flexibility index (Phi) is 5.66. The van der Waals surface area contributed by atoms with E-state index in [1.165, 1.54) is 21.3 Å². The number of hydrogen-bond donors (Lipinski definition) is 0. The summed E-state index contributed by atoms with van der Waals surface area (Å²) < 4.78 is 9.20. The third-order valence-corrected chi connectivity index (χ3v) is 7.68. The first-order chi connectivity index (χ1) is 17.9. The zero-order valence-corrected chi connectivity index (χ0v) is 21.5. The molecule has 1 aliphatic rings. The van der Waals surface area contributed by atoms with Gasteiger partial charge in [-0.25, -0.2) is 4.68 Å². The van der Waals surface area contributed by atoms with Crippen LogP contribution in [-0.2, 0) is 11.8 Å². The van der Waals surface area contributed by atoms with Crippen molar-refractivity contribution in [2.75, 3.05) is 4.90 Å². The molecular formula is C28H20N4O3S2. The Balaban J connectivity index is 1.39. The summed E-state index contributed by atoms with van der Waals surface area (Å²) in [5.74, 6) is 0.342. The van der Waals surface area contributed by atoms with E-state index in [4.69, 9.17) is 16.7 Å². The highest BCUT2D eigenvalue weighted by Crippen LogP contribution is 2.37. The molecule has 1 aliphatic heterocycles. The minimum atomic E-state index is -0.324. The standard InChI is InChI=1S/C28H20N4O3S2/c1-17-24(27(34)32(30(17)2)20-11-7-4-8-12-20)31-26(33)23(37-28(31)36)16-18-13-14-22-21(15-18)25(35-29-22)19-9-5-3-6-10-19/h3-16H,1-2H3. The number of rotatable bonds is 4. The van der Waals surface area contributed by atoms with E-state index >= 15 is 0 Å². The van der Waals surface area contributed by atoms with E-state index in [-0.39, 0.29) is 17.2 Å². The molecule has 9 heteroatoms. The third-order valence-electron chi connectivity index (χ3n) is 6.38. The Morgan fingerprint density at radius 1 is 0.973 bits per heavy atom. The molecule has 0 unspecified atom stereocenters. The predicted octanol–water partition coefficient (Wildman–Crippen LogP) is 5.70. The van der Waals surface area contributed by atoms with Crippen molar-refractivity contribution in [2.45, 2.75) is 6.92 Å². The van der Waals surface area contributed by atoms with Crippen LogP contribution in [0.15, 0.2) is 93.1 Å². The van der Waals surface area contributed by atoms with Crippen LogP contribution in [-0.4, -0.2) is 24.7 Å². The number of aromatic nitrogens is 3. The van der Waals surface area contributed by atoms with Gasteiger partial charge in [0.05, 0.1) is 21.7 Å². The van der Waals surface area contributed by atoms with E-state index in [0.29, 0.717) is 26.4 Å². The van der Waals surface area contributed by atoms with E-state index in [9.17, 15) is 9.59 Å². The van der Waals surface area contributed by atoms with E-state index < -0.39 is 0 Å². The fraction of sp³-hybridized carbons (Fsp3) is 0.0714. The average molecular weight is 525 g/mol. The molecular weight excluding hydrogens is 504 g/mol. The van der Waals surface area contributed by atoms with Crippen molar-refractivity contribution in [2.24, 2.45) is 7.05 Å². The van der Waals surface area contributed by atoms with Crippen molar-refractivity contribution in [1.82, 2.24) is 14.5 Å². The molecule has 7 nitrogen and oxygen atoms in total. The van der Waals surface area contributed by atoms with E-state index in [2.05, 4.69) is 5.16 Å². The molecule has 5 aromatic rings. The monoisotopic (exact) mass is 524 g/mol. The van der Waals surface area contributed by atoms with Gasteiger partial charge in [0.25, 0.3) is 11.5 Å². The highest BCUT2D eigenvalue weighted by Gasteiger charge is 2.37. The maximum Gasteiger partial charge on any atom is 0.296 e. The topological polar surface area (TPSA) is 73.3 Å². The minimum Gasteiger partial charge on any atom is -0.355 e. The maximum absolute atomic E-state index is 13.5. The largest absolute Gasteiger partial charge is 0.355 e. The lowest BCUT2D eigenvalue weighted by atomic mass is 10.1. The summed E-state index contributed by atoms with van der Waals surface area (Å²) in [5.41, 5.74) is 3.76. The summed E-state index contributed by atoms with van der Waals surface area (Å²) in [7, 11) is 1.79. The maximum atomic E-state index is 13.5. The molecule has 2 aromatic heterocycles. The molecule has 1 saturated heterocycles. The molecule has 182 valence electrons. The van der Waals surface area contributed by atoms with Crippen LogP contribution in [0.5, 0.6) is 0 Å². The van der Waals surface area contributed by atoms with E-state index in [0.717, 1.165) is 22.0 Å². The number of thioether (sulfide) groups is 1. The first kappa shape index (κ1) is 23.2. The second-order valence-electron chi connectivity index (χ2n) is 8.58. The van der Waals surface area contributed by atoms with Crippen molar-refractivity contribution in [3.63, 3.8) is 0 Å². The summed E-state index contributed by atoms with van der Waals surface area (Å²) in [6.45, 7) is 1.81. The second kappa shape index (κ2) is 9.02. The Morgan fingerprint density at radius 3 is 2.41 bits per heavy atom. The Bertz CT molecular complexity index is 1780. The second-order valence-corrected chi connectivity index (χ2v) is 10.3. The van der Waals surface area contributed by atoms with Crippen LogP contribution >= 0.6 is 24.0 Å². The number of thiocarbonyl (C=S) groups is 1. The molecule has 0 saturated carbocycles. The minimum absolute atomic E-state index is 0.262. The van der Waals surface area contributed by atoms with Crippen molar-refractivity contribution >= 4 is 56.9 Å². The molecule has 0 aliphatic carbocycles. The van der Waals surface area contributed by atoms with E-state index in [1.54, 1.807) is 17.8 Å². The number of para-hydroxylation sites is 1. The SMILES string of the molecule is Cc1c(N2C(=O)C(=Cc3ccc4noc(-c5ccccc5)c4c3)SC2=S)c(=O)n(-c2ccccc2)n1C. The lowest BCUT2D eigenvalue weighted by Crippen LogP contribution is -2.33. The number of fused-ring (bicyclic) bond motifs is 1. The van der Waals surface area contributed by atoms with Crippen LogP contribution in [0.3, 0.4) is 0 Å². The van der Waals surface area contributed by atoms with Gasteiger partial charge in [-0.1, -0.05) is 83.7 Å². The fourth-order valence-electron chi connectivity index (χ4n) is 4.47. The lowest BCUT2D eigenvalue weighted by Gasteiger charge is -2.12. The number of anilines is 1. The number of hydrogen-bond acceptors (Lipinski definition) is 6. The molecule has 3 aromatic carbocycles. The zero-order chi connectivity index (χ0) is 25.7. The van der Waals surface area contributed by atoms with Crippen LogP contribution < -0.4 is 10.5 Å². The van der Waals surface area contributed by atoms with Crippen LogP contribution in [0.2, 0.25) is 0 Å². The fourth-order valence-corrected chi connectivity index (χ4v) is 5.74. The van der Waals surface area contributed by atoms with Gasteiger partial charge in [0, 0.05) is 12.6 Å². The molecule has 0 N–H and O–H groups in total. The number of carbonyl (C=O) groups is 1. The van der Waals surface area contributed by atoms with Gasteiger partial charge in [0.2, 0.25) is 0 Å². The first-order valence-electron chi connectivity index (χ1n) is 11.5. The van der Waals surface area contributed by atoms with Gasteiger partial charge in [0.1, 0.15) is 11.2 Å². The highest BCUT2D eigenvalue weighted by molar-refractivity contribution is 8.27. The Hall–Kier alpha value is -4.21. The van der Waals surface area contributed by atoms with Crippen LogP contribution in [0.25, 0.3) is 34.0 Å². The summed E-state index contributed by atoms with van der Waals surface area (Å²) in [4.78, 5) is 28.8. The number of amides is 1. The molecule has 1 amide bonds. The Labute approximate surface area is 221 Å². The molecule has 0 spiro atoms. The molecule has 6 rings (SSSR count). The molecule has 0 radical (unpaired) electrons. The quantitative estimate of drug-likeness (QED) is 0.222. The number of benzene rings is 3. The first-order valence-corrected chi connectivity index (χ1v) is 12.7. The number of carbonyl (C=O) groups excluding carboxylic acids is 1. The van der Waals surface area contributed by atoms with Crippen LogP contribution in [0, 0.1) is 6.92 Å². The Morgan fingerprint density at radius 2 is 1.68 bits per heavy atom. The molecule has 37 heavy (non-hydrogen) atoms. The molecule has 0 atom stereocenters. The zero-order valence-electron chi connectivity index (χ0n) is 19.9. The number of nitrogens with zero attached hydrogens (tertiary/aromatic N) is 4. The summed E-state index contributed by atoms with van der Waals surface area (Å²) >= 11 is 6.75.